The number of hydrogen-bond acceptors (Lipinski definition) is 5. The lowest BCUT2D eigenvalue weighted by atomic mass is 9.92. The zero-order valence-corrected chi connectivity index (χ0v) is 14.0. The number of furan rings is 1. The van der Waals surface area contributed by atoms with E-state index in [1.165, 1.54) is 4.90 Å². The second-order valence-electron chi connectivity index (χ2n) is 6.68. The number of hydrogen-bond donors (Lipinski definition) is 1. The molecule has 3 amide bonds. The largest absolute Gasteiger partial charge is 0.465 e. The Morgan fingerprint density at radius 2 is 2.00 bits per heavy atom. The standard InChI is InChI=1S/C17H19N3O5/c1-9-14(15-11(21)3-2-4-12(15)25-9)17(24)19-5-6-20-10(8-19)16(23)18-7-13(20)22/h10H,2-8H2,1H3,(H,18,23). The van der Waals surface area contributed by atoms with Crippen LogP contribution in [0.5, 0.6) is 0 Å². The van der Waals surface area contributed by atoms with Crippen LogP contribution in [0.2, 0.25) is 0 Å². The average Bonchev–Trinajstić information content (AvgIpc) is 2.94. The molecule has 132 valence electrons. The second-order valence-corrected chi connectivity index (χ2v) is 6.68. The molecule has 1 aromatic rings. The molecule has 2 fully saturated rings. The van der Waals surface area contributed by atoms with E-state index in [2.05, 4.69) is 5.32 Å². The maximum Gasteiger partial charge on any atom is 0.258 e. The molecule has 1 atom stereocenters. The van der Waals surface area contributed by atoms with Gasteiger partial charge >= 0.3 is 0 Å². The maximum absolute atomic E-state index is 13.0. The molecule has 0 radical (unpaired) electrons. The van der Waals surface area contributed by atoms with Crippen molar-refractivity contribution in [1.29, 1.82) is 0 Å². The number of aryl methyl sites for hydroxylation is 2. The highest BCUT2D eigenvalue weighted by Crippen LogP contribution is 2.31. The molecule has 2 aliphatic heterocycles. The molecule has 2 saturated heterocycles. The molecule has 0 spiro atoms. The van der Waals surface area contributed by atoms with Gasteiger partial charge in [0, 0.05) is 25.9 Å². The molecule has 3 aliphatic rings. The van der Waals surface area contributed by atoms with Gasteiger partial charge in [0.05, 0.1) is 24.2 Å². The smallest absolute Gasteiger partial charge is 0.258 e. The summed E-state index contributed by atoms with van der Waals surface area (Å²) in [7, 11) is 0. The van der Waals surface area contributed by atoms with Crippen molar-refractivity contribution in [2.75, 3.05) is 26.2 Å². The molecule has 3 heterocycles. The maximum atomic E-state index is 13.0. The Kier molecular flexibility index (Phi) is 3.63. The topological polar surface area (TPSA) is 99.9 Å². The molecule has 0 saturated carbocycles. The van der Waals surface area contributed by atoms with Crippen molar-refractivity contribution >= 4 is 23.5 Å². The number of carbonyl (C=O) groups is 4. The van der Waals surface area contributed by atoms with E-state index in [1.807, 2.05) is 0 Å². The van der Waals surface area contributed by atoms with E-state index >= 15 is 0 Å². The fourth-order valence-electron chi connectivity index (χ4n) is 3.90. The van der Waals surface area contributed by atoms with Crippen molar-refractivity contribution in [1.82, 2.24) is 15.1 Å². The lowest BCUT2D eigenvalue weighted by Crippen LogP contribution is -2.66. The molecule has 1 N–H and O–H groups in total. The number of piperazine rings is 2. The fraction of sp³-hybridized carbons (Fsp3) is 0.529. The van der Waals surface area contributed by atoms with Crippen LogP contribution in [-0.4, -0.2) is 65.5 Å². The monoisotopic (exact) mass is 345 g/mol. The minimum atomic E-state index is -0.669. The molecule has 0 aromatic carbocycles. The Hall–Kier alpha value is -2.64. The van der Waals surface area contributed by atoms with Crippen molar-refractivity contribution in [3.63, 3.8) is 0 Å². The Bertz CT molecular complexity index is 796. The van der Waals surface area contributed by atoms with Crippen molar-refractivity contribution in [2.24, 2.45) is 0 Å². The minimum absolute atomic E-state index is 0.00608. The first-order chi connectivity index (χ1) is 12.0. The first-order valence-electron chi connectivity index (χ1n) is 8.49. The lowest BCUT2D eigenvalue weighted by molar-refractivity contribution is -0.148. The number of nitrogens with one attached hydrogen (secondary N) is 1. The quantitative estimate of drug-likeness (QED) is 0.765. The van der Waals surface area contributed by atoms with E-state index in [0.717, 1.165) is 6.42 Å². The first kappa shape index (κ1) is 15.9. The van der Waals surface area contributed by atoms with Crippen LogP contribution < -0.4 is 5.32 Å². The van der Waals surface area contributed by atoms with Crippen LogP contribution in [0.3, 0.4) is 0 Å². The Morgan fingerprint density at radius 3 is 2.80 bits per heavy atom. The highest BCUT2D eigenvalue weighted by Gasteiger charge is 2.41. The van der Waals surface area contributed by atoms with Crippen molar-refractivity contribution < 1.29 is 23.6 Å². The summed E-state index contributed by atoms with van der Waals surface area (Å²) in [6, 6.07) is -0.669. The van der Waals surface area contributed by atoms with Crippen LogP contribution >= 0.6 is 0 Å². The van der Waals surface area contributed by atoms with Gasteiger partial charge in [0.1, 0.15) is 17.6 Å². The van der Waals surface area contributed by atoms with Gasteiger partial charge in [-0.1, -0.05) is 0 Å². The van der Waals surface area contributed by atoms with Gasteiger partial charge in [-0.05, 0) is 13.3 Å². The molecule has 0 bridgehead atoms. The average molecular weight is 345 g/mol. The van der Waals surface area contributed by atoms with Crippen molar-refractivity contribution in [2.45, 2.75) is 32.2 Å². The molecular formula is C17H19N3O5. The zero-order valence-electron chi connectivity index (χ0n) is 14.0. The van der Waals surface area contributed by atoms with E-state index < -0.39 is 6.04 Å². The number of fused-ring (bicyclic) bond motifs is 2. The molecule has 4 rings (SSSR count). The first-order valence-corrected chi connectivity index (χ1v) is 8.49. The van der Waals surface area contributed by atoms with Crippen LogP contribution in [0, 0.1) is 6.92 Å². The lowest BCUT2D eigenvalue weighted by Gasteiger charge is -2.42. The van der Waals surface area contributed by atoms with E-state index in [0.29, 0.717) is 48.6 Å². The van der Waals surface area contributed by atoms with Crippen LogP contribution in [0.1, 0.15) is 45.1 Å². The minimum Gasteiger partial charge on any atom is -0.465 e. The third-order valence-electron chi connectivity index (χ3n) is 5.16. The number of carbonyl (C=O) groups excluding carboxylic acids is 4. The summed E-state index contributed by atoms with van der Waals surface area (Å²) in [6.45, 7) is 2.47. The van der Waals surface area contributed by atoms with Gasteiger partial charge in [-0.2, -0.15) is 0 Å². The van der Waals surface area contributed by atoms with E-state index in [4.69, 9.17) is 4.42 Å². The fourth-order valence-corrected chi connectivity index (χ4v) is 3.90. The summed E-state index contributed by atoms with van der Waals surface area (Å²) in [5.41, 5.74) is 0.719. The van der Waals surface area contributed by atoms with E-state index in [9.17, 15) is 19.2 Å². The van der Waals surface area contributed by atoms with E-state index in [1.54, 1.807) is 11.8 Å². The second kappa shape index (κ2) is 5.72. The van der Waals surface area contributed by atoms with Crippen LogP contribution in [-0.2, 0) is 16.0 Å². The Balaban J connectivity index is 1.62. The predicted octanol–water partition coefficient (Wildman–Crippen LogP) is -0.110. The number of ketones is 1. The molecule has 25 heavy (non-hydrogen) atoms. The molecular weight excluding hydrogens is 326 g/mol. The number of nitrogens with zero attached hydrogens (tertiary/aromatic N) is 2. The van der Waals surface area contributed by atoms with Gasteiger partial charge in [-0.25, -0.2) is 0 Å². The van der Waals surface area contributed by atoms with E-state index in [-0.39, 0.29) is 36.6 Å². The zero-order chi connectivity index (χ0) is 17.7. The molecule has 8 nitrogen and oxygen atoms in total. The van der Waals surface area contributed by atoms with Gasteiger partial charge in [0.2, 0.25) is 11.8 Å². The predicted molar refractivity (Wildman–Crippen MR) is 85.1 cm³/mol. The number of rotatable bonds is 1. The summed E-state index contributed by atoms with van der Waals surface area (Å²) in [6.07, 6.45) is 1.80. The Labute approximate surface area is 144 Å². The van der Waals surface area contributed by atoms with Crippen LogP contribution in [0.15, 0.2) is 4.42 Å². The van der Waals surface area contributed by atoms with Gasteiger partial charge in [0.25, 0.3) is 5.91 Å². The Morgan fingerprint density at radius 1 is 1.20 bits per heavy atom. The summed E-state index contributed by atoms with van der Waals surface area (Å²) in [5, 5.41) is 2.55. The van der Waals surface area contributed by atoms with Gasteiger partial charge in [-0.15, -0.1) is 0 Å². The highest BCUT2D eigenvalue weighted by molar-refractivity contribution is 6.10. The third-order valence-corrected chi connectivity index (χ3v) is 5.16. The normalized spacial score (nSPS) is 23.2. The van der Waals surface area contributed by atoms with Gasteiger partial charge in [-0.3, -0.25) is 19.2 Å². The number of amides is 3. The molecule has 1 unspecified atom stereocenters. The molecule has 1 aliphatic carbocycles. The highest BCUT2D eigenvalue weighted by atomic mass is 16.3. The number of Topliss-reactive ketones (excluding diaryl/α,β-unsaturated/α-hetero) is 1. The third kappa shape index (κ3) is 2.43. The summed E-state index contributed by atoms with van der Waals surface area (Å²) < 4.78 is 5.65. The van der Waals surface area contributed by atoms with Gasteiger partial charge < -0.3 is 19.5 Å². The van der Waals surface area contributed by atoms with Crippen molar-refractivity contribution in [3.05, 3.63) is 22.6 Å². The van der Waals surface area contributed by atoms with Crippen LogP contribution in [0.4, 0.5) is 0 Å². The summed E-state index contributed by atoms with van der Waals surface area (Å²) >= 11 is 0. The summed E-state index contributed by atoms with van der Waals surface area (Å²) in [4.78, 5) is 52.4. The molecule has 8 heteroatoms. The molecule has 1 aromatic heterocycles. The van der Waals surface area contributed by atoms with Crippen LogP contribution in [0.25, 0.3) is 0 Å². The summed E-state index contributed by atoms with van der Waals surface area (Å²) in [5.74, 6) is 0.273. The van der Waals surface area contributed by atoms with Gasteiger partial charge in [0.15, 0.2) is 5.78 Å². The SMILES string of the molecule is Cc1oc2c(c1C(=O)N1CCN3C(=O)CNC(=O)C3C1)C(=O)CCC2. The van der Waals surface area contributed by atoms with Crippen molar-refractivity contribution in [3.8, 4) is 0 Å².